The van der Waals surface area contributed by atoms with E-state index in [-0.39, 0.29) is 6.42 Å². The van der Waals surface area contributed by atoms with Crippen molar-refractivity contribution in [3.05, 3.63) is 42.0 Å². The van der Waals surface area contributed by atoms with Gasteiger partial charge in [-0.15, -0.1) is 0 Å². The number of fused-ring (bicyclic) bond motifs is 1. The molecule has 0 spiro atoms. The summed E-state index contributed by atoms with van der Waals surface area (Å²) in [7, 11) is 0. The number of nitrogens with one attached hydrogen (secondary N) is 1. The van der Waals surface area contributed by atoms with Gasteiger partial charge in [-0.3, -0.25) is 0 Å². The first-order chi connectivity index (χ1) is 13.2. The monoisotopic (exact) mass is 385 g/mol. The van der Waals surface area contributed by atoms with Crippen molar-refractivity contribution in [2.45, 2.75) is 51.7 Å². The predicted octanol–water partition coefficient (Wildman–Crippen LogP) is 4.15. The molecule has 6 heteroatoms. The Hall–Kier alpha value is -2.76. The summed E-state index contributed by atoms with van der Waals surface area (Å²) >= 11 is 0. The lowest BCUT2D eigenvalue weighted by molar-refractivity contribution is -0.139. The zero-order valence-electron chi connectivity index (χ0n) is 16.5. The molecule has 0 aliphatic heterocycles. The number of ether oxygens (including phenoxy) is 2. The van der Waals surface area contributed by atoms with Crippen LogP contribution in [0, 0.1) is 5.92 Å². The molecule has 2 aromatic carbocycles. The fourth-order valence-corrected chi connectivity index (χ4v) is 3.00. The summed E-state index contributed by atoms with van der Waals surface area (Å²) in [5.41, 5.74) is 0.137. The SMILES string of the molecule is CC(C)(C)OC(=O)NC(Cc1ccc(OCC2CC2)c2ccccc12)C(=O)O. The fourth-order valence-electron chi connectivity index (χ4n) is 3.00. The Bertz CT molecular complexity index is 867. The van der Waals surface area contributed by atoms with Crippen LogP contribution >= 0.6 is 0 Å². The van der Waals surface area contributed by atoms with Crippen molar-refractivity contribution in [2.24, 2.45) is 5.92 Å². The number of aliphatic carboxylic acids is 1. The van der Waals surface area contributed by atoms with Crippen molar-refractivity contribution < 1.29 is 24.2 Å². The van der Waals surface area contributed by atoms with Crippen LogP contribution in [-0.2, 0) is 16.0 Å². The Kier molecular flexibility index (Phi) is 5.77. The average molecular weight is 385 g/mol. The number of alkyl carbamates (subject to hydrolysis) is 1. The molecule has 28 heavy (non-hydrogen) atoms. The van der Waals surface area contributed by atoms with Gasteiger partial charge in [0.25, 0.3) is 0 Å². The molecule has 3 rings (SSSR count). The third kappa shape index (κ3) is 5.38. The van der Waals surface area contributed by atoms with Gasteiger partial charge in [-0.1, -0.05) is 30.3 Å². The quantitative estimate of drug-likeness (QED) is 0.748. The van der Waals surface area contributed by atoms with E-state index in [2.05, 4.69) is 5.32 Å². The molecule has 1 aliphatic carbocycles. The Morgan fingerprint density at radius 2 is 1.82 bits per heavy atom. The van der Waals surface area contributed by atoms with Crippen LogP contribution in [0.25, 0.3) is 10.8 Å². The molecule has 1 amide bonds. The van der Waals surface area contributed by atoms with E-state index < -0.39 is 23.7 Å². The molecule has 0 aromatic heterocycles. The van der Waals surface area contributed by atoms with Gasteiger partial charge in [0, 0.05) is 11.8 Å². The summed E-state index contributed by atoms with van der Waals surface area (Å²) in [4.78, 5) is 23.7. The van der Waals surface area contributed by atoms with Crippen molar-refractivity contribution >= 4 is 22.8 Å². The summed E-state index contributed by atoms with van der Waals surface area (Å²) in [6.07, 6.45) is 1.84. The van der Waals surface area contributed by atoms with E-state index in [0.717, 1.165) is 22.1 Å². The van der Waals surface area contributed by atoms with Crippen LogP contribution in [0.15, 0.2) is 36.4 Å². The van der Waals surface area contributed by atoms with Crippen molar-refractivity contribution in [1.29, 1.82) is 0 Å². The average Bonchev–Trinajstić information content (AvgIpc) is 3.43. The number of benzene rings is 2. The third-order valence-corrected chi connectivity index (χ3v) is 4.56. The largest absolute Gasteiger partial charge is 0.493 e. The normalized spacial score (nSPS) is 15.1. The number of rotatable bonds is 7. The molecule has 1 unspecified atom stereocenters. The van der Waals surface area contributed by atoms with E-state index in [1.807, 2.05) is 36.4 Å². The van der Waals surface area contributed by atoms with Gasteiger partial charge in [-0.25, -0.2) is 9.59 Å². The highest BCUT2D eigenvalue weighted by Crippen LogP contribution is 2.33. The molecule has 1 fully saturated rings. The summed E-state index contributed by atoms with van der Waals surface area (Å²) in [6, 6.07) is 10.4. The van der Waals surface area contributed by atoms with E-state index in [9.17, 15) is 14.7 Å². The van der Waals surface area contributed by atoms with Gasteiger partial charge >= 0.3 is 12.1 Å². The van der Waals surface area contributed by atoms with Gasteiger partial charge in [-0.2, -0.15) is 0 Å². The first-order valence-electron chi connectivity index (χ1n) is 9.58. The van der Waals surface area contributed by atoms with E-state index in [4.69, 9.17) is 9.47 Å². The number of amides is 1. The lowest BCUT2D eigenvalue weighted by Crippen LogP contribution is -2.44. The second kappa shape index (κ2) is 8.09. The predicted molar refractivity (Wildman–Crippen MR) is 107 cm³/mol. The van der Waals surface area contributed by atoms with Gasteiger partial charge in [0.15, 0.2) is 0 Å². The van der Waals surface area contributed by atoms with Crippen molar-refractivity contribution in [3.8, 4) is 5.75 Å². The summed E-state index contributed by atoms with van der Waals surface area (Å²) < 4.78 is 11.2. The van der Waals surface area contributed by atoms with Crippen molar-refractivity contribution in [2.75, 3.05) is 6.61 Å². The molecular weight excluding hydrogens is 358 g/mol. The number of carbonyl (C=O) groups is 2. The maximum Gasteiger partial charge on any atom is 0.408 e. The molecule has 2 aromatic rings. The number of carboxylic acid groups (broad SMARTS) is 1. The van der Waals surface area contributed by atoms with E-state index in [1.165, 1.54) is 12.8 Å². The molecule has 1 saturated carbocycles. The lowest BCUT2D eigenvalue weighted by atomic mass is 9.98. The van der Waals surface area contributed by atoms with E-state index >= 15 is 0 Å². The first kappa shape index (κ1) is 20.0. The molecule has 2 N–H and O–H groups in total. The topological polar surface area (TPSA) is 84.9 Å². The van der Waals surface area contributed by atoms with Crippen LogP contribution in [0.5, 0.6) is 5.75 Å². The van der Waals surface area contributed by atoms with Crippen LogP contribution in [-0.4, -0.2) is 35.4 Å². The Morgan fingerprint density at radius 3 is 2.43 bits per heavy atom. The Morgan fingerprint density at radius 1 is 1.14 bits per heavy atom. The second-order valence-electron chi connectivity index (χ2n) is 8.26. The molecule has 6 nitrogen and oxygen atoms in total. The summed E-state index contributed by atoms with van der Waals surface area (Å²) in [5.74, 6) is 0.343. The van der Waals surface area contributed by atoms with Crippen LogP contribution in [0.2, 0.25) is 0 Å². The van der Waals surface area contributed by atoms with Gasteiger partial charge in [0.05, 0.1) is 6.61 Å². The second-order valence-corrected chi connectivity index (χ2v) is 8.26. The van der Waals surface area contributed by atoms with Crippen LogP contribution in [0.3, 0.4) is 0 Å². The van der Waals surface area contributed by atoms with Gasteiger partial charge < -0.3 is 19.9 Å². The van der Waals surface area contributed by atoms with Gasteiger partial charge in [-0.05, 0) is 56.5 Å². The molecular formula is C22H27NO5. The minimum absolute atomic E-state index is 0.151. The highest BCUT2D eigenvalue weighted by molar-refractivity contribution is 5.92. The maximum atomic E-state index is 12.0. The van der Waals surface area contributed by atoms with Gasteiger partial charge in [0.2, 0.25) is 0 Å². The number of hydrogen-bond acceptors (Lipinski definition) is 4. The maximum absolute atomic E-state index is 12.0. The number of carbonyl (C=O) groups excluding carboxylic acids is 1. The number of carboxylic acids is 1. The molecule has 0 bridgehead atoms. The zero-order chi connectivity index (χ0) is 20.3. The Balaban J connectivity index is 1.80. The van der Waals surface area contributed by atoms with Crippen LogP contribution in [0.4, 0.5) is 4.79 Å². The zero-order valence-corrected chi connectivity index (χ0v) is 16.5. The molecule has 150 valence electrons. The fraction of sp³-hybridized carbons (Fsp3) is 0.455. The summed E-state index contributed by atoms with van der Waals surface area (Å²) in [5, 5.41) is 13.9. The van der Waals surface area contributed by atoms with Crippen molar-refractivity contribution in [3.63, 3.8) is 0 Å². The number of hydrogen-bond donors (Lipinski definition) is 2. The first-order valence-corrected chi connectivity index (χ1v) is 9.58. The minimum atomic E-state index is -1.11. The van der Waals surface area contributed by atoms with Crippen LogP contribution in [0.1, 0.15) is 39.2 Å². The molecule has 0 heterocycles. The highest BCUT2D eigenvalue weighted by atomic mass is 16.6. The van der Waals surface area contributed by atoms with E-state index in [1.54, 1.807) is 20.8 Å². The minimum Gasteiger partial charge on any atom is -0.493 e. The van der Waals surface area contributed by atoms with E-state index in [0.29, 0.717) is 12.5 Å². The Labute approximate surface area is 164 Å². The third-order valence-electron chi connectivity index (χ3n) is 4.56. The smallest absolute Gasteiger partial charge is 0.408 e. The summed E-state index contributed by atoms with van der Waals surface area (Å²) in [6.45, 7) is 5.91. The van der Waals surface area contributed by atoms with Crippen LogP contribution < -0.4 is 10.1 Å². The standard InChI is InChI=1S/C22H27NO5/c1-22(2,3)28-21(26)23-18(20(24)25)12-15-10-11-19(27-13-14-8-9-14)17-7-5-4-6-16(15)17/h4-7,10-11,14,18H,8-9,12-13H2,1-3H3,(H,23,26)(H,24,25). The molecule has 0 saturated heterocycles. The molecule has 0 radical (unpaired) electrons. The van der Waals surface area contributed by atoms with Crippen molar-refractivity contribution in [1.82, 2.24) is 5.32 Å². The highest BCUT2D eigenvalue weighted by Gasteiger charge is 2.25. The lowest BCUT2D eigenvalue weighted by Gasteiger charge is -2.22. The molecule has 1 aliphatic rings. The van der Waals surface area contributed by atoms with Gasteiger partial charge in [0.1, 0.15) is 17.4 Å². The molecule has 1 atom stereocenters.